The number of anilines is 3. The number of nitrogen functional groups attached to an aromatic ring is 3. The van der Waals surface area contributed by atoms with E-state index in [1.807, 2.05) is 0 Å². The van der Waals surface area contributed by atoms with E-state index < -0.39 is 21.5 Å². The summed E-state index contributed by atoms with van der Waals surface area (Å²) in [5.41, 5.74) is 16.7. The number of aromatic nitrogens is 2. The molecule has 1 spiro atoms. The van der Waals surface area contributed by atoms with E-state index in [4.69, 9.17) is 33.5 Å². The van der Waals surface area contributed by atoms with Crippen molar-refractivity contribution in [2.24, 2.45) is 4.99 Å². The lowest BCUT2D eigenvalue weighted by Gasteiger charge is -2.38. The number of nitrogens with two attached hydrogens (primary N) is 3. The number of nitrogens with zero attached hydrogens (tertiary/aromatic N) is 4. The molecule has 0 unspecified atom stereocenters. The lowest BCUT2D eigenvalue weighted by atomic mass is 9.90. The molecule has 2 aliphatic heterocycles. The van der Waals surface area contributed by atoms with E-state index in [0.29, 0.717) is 25.1 Å². The number of nitrogens with one attached hydrogen (secondary N) is 2. The number of sulfonamides is 1. The Morgan fingerprint density at radius 2 is 1.91 bits per heavy atom. The quantitative estimate of drug-likeness (QED) is 0.341. The number of hydrogen-bond acceptors (Lipinski definition) is 9. The smallest absolute Gasteiger partial charge is 0.302 e. The van der Waals surface area contributed by atoms with Gasteiger partial charge < -0.3 is 32.6 Å². The van der Waals surface area contributed by atoms with Gasteiger partial charge in [-0.3, -0.25) is 4.79 Å². The Kier molecular flexibility index (Phi) is 6.14. The molecule has 0 saturated carbocycles. The fraction of sp³-hybridized carbons (Fsp3) is 0.368. The third-order valence-electron chi connectivity index (χ3n) is 5.78. The molecule has 0 bridgehead atoms. The van der Waals surface area contributed by atoms with Crippen molar-refractivity contribution in [2.45, 2.75) is 23.3 Å². The number of carbonyl (C=O) groups is 1. The van der Waals surface area contributed by atoms with Crippen molar-refractivity contribution in [2.75, 3.05) is 43.9 Å². The summed E-state index contributed by atoms with van der Waals surface area (Å²) in [4.78, 5) is 24.2. The number of guanidine groups is 1. The van der Waals surface area contributed by atoms with Gasteiger partial charge in [0, 0.05) is 25.3 Å². The van der Waals surface area contributed by atoms with Gasteiger partial charge in [-0.2, -0.15) is 9.30 Å². The van der Waals surface area contributed by atoms with E-state index in [-0.39, 0.29) is 52.2 Å². The highest BCUT2D eigenvalue weighted by Crippen LogP contribution is 2.33. The third-order valence-corrected chi connectivity index (χ3v) is 7.98. The maximum Gasteiger partial charge on any atom is 0.302 e. The summed E-state index contributed by atoms with van der Waals surface area (Å²) in [6.45, 7) is 0.961. The number of amides is 1. The van der Waals surface area contributed by atoms with Gasteiger partial charge in [-0.15, -0.1) is 0 Å². The Balaban J connectivity index is 1.46. The van der Waals surface area contributed by atoms with E-state index in [0.717, 1.165) is 0 Å². The minimum absolute atomic E-state index is 0.0251. The SMILES string of the molecule is COc1ccc(N)cc1S(=O)(=O)N1CCC2(CC1)CN/C(=N\C(=O)c1nc(Cl)c(N)nc1N)N2. The molecule has 2 saturated heterocycles. The number of hydrogen-bond donors (Lipinski definition) is 5. The van der Waals surface area contributed by atoms with Gasteiger partial charge in [0.2, 0.25) is 10.0 Å². The van der Waals surface area contributed by atoms with E-state index in [1.54, 1.807) is 6.07 Å². The van der Waals surface area contributed by atoms with Crippen LogP contribution in [0.15, 0.2) is 28.1 Å². The molecule has 182 valence electrons. The average molecular weight is 510 g/mol. The Morgan fingerprint density at radius 3 is 2.59 bits per heavy atom. The molecule has 15 heteroatoms. The largest absolute Gasteiger partial charge is 0.495 e. The number of carbonyl (C=O) groups excluding carboxylic acids is 1. The number of ether oxygens (including phenoxy) is 1. The first-order valence-electron chi connectivity index (χ1n) is 10.2. The molecule has 13 nitrogen and oxygen atoms in total. The molecule has 2 fully saturated rings. The Labute approximate surface area is 200 Å². The second-order valence-corrected chi connectivity index (χ2v) is 10.2. The van der Waals surface area contributed by atoms with Crippen LogP contribution in [0.5, 0.6) is 5.75 Å². The van der Waals surface area contributed by atoms with Crippen molar-refractivity contribution in [1.82, 2.24) is 24.9 Å². The molecule has 2 aliphatic rings. The van der Waals surface area contributed by atoms with E-state index in [9.17, 15) is 13.2 Å². The molecule has 3 heterocycles. The van der Waals surface area contributed by atoms with Crippen LogP contribution in [0.1, 0.15) is 23.3 Å². The monoisotopic (exact) mass is 509 g/mol. The molecule has 1 aromatic heterocycles. The summed E-state index contributed by atoms with van der Waals surface area (Å²) in [5, 5.41) is 6.10. The van der Waals surface area contributed by atoms with Crippen molar-refractivity contribution in [3.8, 4) is 5.75 Å². The topological polar surface area (TPSA) is 204 Å². The van der Waals surface area contributed by atoms with Crippen molar-refractivity contribution < 1.29 is 17.9 Å². The van der Waals surface area contributed by atoms with Gasteiger partial charge in [-0.1, -0.05) is 11.6 Å². The zero-order chi connectivity index (χ0) is 24.7. The predicted molar refractivity (Wildman–Crippen MR) is 127 cm³/mol. The molecule has 2 aromatic rings. The number of rotatable bonds is 4. The van der Waals surface area contributed by atoms with Crippen LogP contribution in [0.25, 0.3) is 0 Å². The van der Waals surface area contributed by atoms with Crippen LogP contribution in [0.2, 0.25) is 5.15 Å². The molecular formula is C19H24ClN9O4S. The van der Waals surface area contributed by atoms with E-state index in [2.05, 4.69) is 25.6 Å². The highest BCUT2D eigenvalue weighted by molar-refractivity contribution is 7.89. The molecule has 1 amide bonds. The number of piperidine rings is 1. The molecule has 0 atom stereocenters. The number of methoxy groups -OCH3 is 1. The number of halogens is 1. The van der Waals surface area contributed by atoms with Gasteiger partial charge in [0.25, 0.3) is 0 Å². The summed E-state index contributed by atoms with van der Waals surface area (Å²) in [5.74, 6) is -0.551. The minimum Gasteiger partial charge on any atom is -0.495 e. The van der Waals surface area contributed by atoms with Gasteiger partial charge in [-0.05, 0) is 31.0 Å². The van der Waals surface area contributed by atoms with Gasteiger partial charge in [0.15, 0.2) is 28.4 Å². The second kappa shape index (κ2) is 8.77. The highest BCUT2D eigenvalue weighted by Gasteiger charge is 2.43. The fourth-order valence-electron chi connectivity index (χ4n) is 3.90. The molecular weight excluding hydrogens is 486 g/mol. The van der Waals surface area contributed by atoms with E-state index >= 15 is 0 Å². The molecule has 34 heavy (non-hydrogen) atoms. The van der Waals surface area contributed by atoms with Crippen molar-refractivity contribution >= 4 is 50.8 Å². The maximum absolute atomic E-state index is 13.2. The van der Waals surface area contributed by atoms with Crippen LogP contribution in [0, 0.1) is 0 Å². The number of aliphatic imine (C=N–C) groups is 1. The predicted octanol–water partition coefficient (Wildman–Crippen LogP) is -0.202. The zero-order valence-electron chi connectivity index (χ0n) is 18.2. The van der Waals surface area contributed by atoms with Gasteiger partial charge in [0.05, 0.1) is 12.6 Å². The first-order valence-corrected chi connectivity index (χ1v) is 12.0. The van der Waals surface area contributed by atoms with Crippen molar-refractivity contribution in [3.05, 3.63) is 29.0 Å². The number of benzene rings is 1. The molecule has 0 radical (unpaired) electrons. The summed E-state index contributed by atoms with van der Waals surface area (Å²) in [6, 6.07) is 4.50. The minimum atomic E-state index is -3.81. The molecule has 4 rings (SSSR count). The maximum atomic E-state index is 13.2. The normalized spacial score (nSPS) is 19.1. The lowest BCUT2D eigenvalue weighted by molar-refractivity contribution is 0.0998. The van der Waals surface area contributed by atoms with Crippen molar-refractivity contribution in [1.29, 1.82) is 0 Å². The standard InChI is InChI=1S/C19H24ClN9O4S/c1-33-11-3-2-10(21)8-12(11)34(31,32)29-6-4-19(5-7-29)9-24-18(28-19)27-17(30)13-15(22)26-16(23)14(20)25-13/h2-3,8H,4-7,9,21H2,1H3,(H4,22,23,26)(H2,24,27,28,30). The van der Waals surface area contributed by atoms with Crippen LogP contribution in [0.3, 0.4) is 0 Å². The van der Waals surface area contributed by atoms with Gasteiger partial charge in [0.1, 0.15) is 10.6 Å². The highest BCUT2D eigenvalue weighted by atomic mass is 35.5. The summed E-state index contributed by atoms with van der Waals surface area (Å²) in [7, 11) is -2.40. The van der Waals surface area contributed by atoms with Crippen LogP contribution in [-0.2, 0) is 10.0 Å². The summed E-state index contributed by atoms with van der Waals surface area (Å²) >= 11 is 5.83. The molecule has 0 aliphatic carbocycles. The Hall–Kier alpha value is -3.36. The Bertz CT molecular complexity index is 1280. The molecule has 1 aromatic carbocycles. The second-order valence-electron chi connectivity index (χ2n) is 7.97. The van der Waals surface area contributed by atoms with Crippen LogP contribution < -0.4 is 32.6 Å². The van der Waals surface area contributed by atoms with Gasteiger partial charge >= 0.3 is 5.91 Å². The fourth-order valence-corrected chi connectivity index (χ4v) is 5.66. The first-order chi connectivity index (χ1) is 16.0. The zero-order valence-corrected chi connectivity index (χ0v) is 19.8. The van der Waals surface area contributed by atoms with Crippen LogP contribution >= 0.6 is 11.6 Å². The first kappa shape index (κ1) is 23.8. The van der Waals surface area contributed by atoms with Crippen molar-refractivity contribution in [3.63, 3.8) is 0 Å². The lowest BCUT2D eigenvalue weighted by Crippen LogP contribution is -2.53. The Morgan fingerprint density at radius 1 is 1.21 bits per heavy atom. The van der Waals surface area contributed by atoms with Gasteiger partial charge in [-0.25, -0.2) is 18.4 Å². The van der Waals surface area contributed by atoms with Crippen LogP contribution in [0.4, 0.5) is 17.3 Å². The molecule has 8 N–H and O–H groups in total. The summed E-state index contributed by atoms with van der Waals surface area (Å²) < 4.78 is 33.0. The summed E-state index contributed by atoms with van der Waals surface area (Å²) in [6.07, 6.45) is 0.958. The van der Waals surface area contributed by atoms with Crippen LogP contribution in [-0.4, -0.2) is 66.8 Å². The third kappa shape index (κ3) is 4.38. The van der Waals surface area contributed by atoms with E-state index in [1.165, 1.54) is 23.5 Å². The average Bonchev–Trinajstić information content (AvgIpc) is 3.18.